The summed E-state index contributed by atoms with van der Waals surface area (Å²) in [6.45, 7) is 3.51. The van der Waals surface area contributed by atoms with Gasteiger partial charge in [0.15, 0.2) is 5.88 Å². The predicted molar refractivity (Wildman–Crippen MR) is 49.5 cm³/mol. The van der Waals surface area contributed by atoms with E-state index in [4.69, 9.17) is 10.5 Å². The zero-order chi connectivity index (χ0) is 8.81. The molecule has 2 heteroatoms. The van der Waals surface area contributed by atoms with Gasteiger partial charge in [0, 0.05) is 0 Å². The molecular weight excluding hydrogens is 150 g/mol. The Morgan fingerprint density at radius 1 is 1.33 bits per heavy atom. The number of benzene rings is 1. The molecular formula is C10H11NO. The van der Waals surface area contributed by atoms with Crippen LogP contribution in [0.25, 0.3) is 0 Å². The molecule has 0 unspecified atom stereocenters. The maximum absolute atomic E-state index is 5.48. The summed E-state index contributed by atoms with van der Waals surface area (Å²) in [5, 5.41) is 0. The van der Waals surface area contributed by atoms with E-state index in [0.29, 0.717) is 5.88 Å². The van der Waals surface area contributed by atoms with Gasteiger partial charge in [0.25, 0.3) is 0 Å². The number of para-hydroxylation sites is 1. The number of nitrogens with two attached hydrogens (primary N) is 1. The fourth-order valence-electron chi connectivity index (χ4n) is 0.775. The topological polar surface area (TPSA) is 35.2 Å². The first-order valence-electron chi connectivity index (χ1n) is 3.64. The average molecular weight is 161 g/mol. The van der Waals surface area contributed by atoms with E-state index in [-0.39, 0.29) is 0 Å². The van der Waals surface area contributed by atoms with Crippen molar-refractivity contribution in [3.05, 3.63) is 54.9 Å². The molecule has 1 rings (SSSR count). The third-order valence-electron chi connectivity index (χ3n) is 1.26. The summed E-state index contributed by atoms with van der Waals surface area (Å²) < 4.78 is 5.22. The molecule has 0 spiro atoms. The third kappa shape index (κ3) is 2.50. The molecule has 2 nitrogen and oxygen atoms in total. The van der Waals surface area contributed by atoms with Gasteiger partial charge in [-0.25, -0.2) is 0 Å². The Morgan fingerprint density at radius 3 is 2.58 bits per heavy atom. The molecule has 0 amide bonds. The van der Waals surface area contributed by atoms with Crippen LogP contribution >= 0.6 is 0 Å². The Balaban J connectivity index is 2.64. The molecule has 0 saturated carbocycles. The summed E-state index contributed by atoms with van der Waals surface area (Å²) in [6, 6.07) is 9.36. The fourth-order valence-corrected chi connectivity index (χ4v) is 0.775. The first-order valence-corrected chi connectivity index (χ1v) is 3.64. The van der Waals surface area contributed by atoms with Gasteiger partial charge in [-0.2, -0.15) is 0 Å². The van der Waals surface area contributed by atoms with Gasteiger partial charge in [-0.15, -0.1) is 0 Å². The second-order valence-corrected chi connectivity index (χ2v) is 2.22. The third-order valence-corrected chi connectivity index (χ3v) is 1.26. The van der Waals surface area contributed by atoms with Gasteiger partial charge in [0.05, 0.1) is 0 Å². The van der Waals surface area contributed by atoms with Crippen molar-refractivity contribution in [2.24, 2.45) is 5.73 Å². The molecule has 62 valence electrons. The van der Waals surface area contributed by atoms with Crippen molar-refractivity contribution in [2.45, 2.75) is 0 Å². The lowest BCUT2D eigenvalue weighted by atomic mass is 10.3. The van der Waals surface area contributed by atoms with Crippen LogP contribution in [-0.2, 0) is 0 Å². The Labute approximate surface area is 72.0 Å². The van der Waals surface area contributed by atoms with Gasteiger partial charge in [0.1, 0.15) is 5.75 Å². The Hall–Kier alpha value is -1.70. The van der Waals surface area contributed by atoms with E-state index in [1.54, 1.807) is 12.2 Å². The molecule has 0 aliphatic carbocycles. The van der Waals surface area contributed by atoms with Crippen LogP contribution in [0.15, 0.2) is 54.9 Å². The molecule has 0 aliphatic heterocycles. The van der Waals surface area contributed by atoms with Crippen molar-refractivity contribution in [3.8, 4) is 5.75 Å². The minimum absolute atomic E-state index is 0.344. The highest BCUT2D eigenvalue weighted by atomic mass is 16.5. The van der Waals surface area contributed by atoms with Gasteiger partial charge < -0.3 is 10.5 Å². The summed E-state index contributed by atoms with van der Waals surface area (Å²) >= 11 is 0. The van der Waals surface area contributed by atoms with Gasteiger partial charge >= 0.3 is 0 Å². The Kier molecular flexibility index (Phi) is 2.96. The van der Waals surface area contributed by atoms with Gasteiger partial charge in [-0.1, -0.05) is 30.9 Å². The SMILES string of the molecule is C=C/C=C(\N)Oc1ccccc1. The minimum atomic E-state index is 0.344. The van der Waals surface area contributed by atoms with Crippen molar-refractivity contribution in [1.82, 2.24) is 0 Å². The molecule has 1 aromatic carbocycles. The molecule has 2 N–H and O–H groups in total. The predicted octanol–water partition coefficient (Wildman–Crippen LogP) is 2.05. The van der Waals surface area contributed by atoms with Crippen LogP contribution in [0.3, 0.4) is 0 Å². The number of rotatable bonds is 3. The van der Waals surface area contributed by atoms with Gasteiger partial charge in [-0.05, 0) is 18.2 Å². The summed E-state index contributed by atoms with van der Waals surface area (Å²) in [5.41, 5.74) is 5.48. The van der Waals surface area contributed by atoms with Gasteiger partial charge in [0.2, 0.25) is 0 Å². The van der Waals surface area contributed by atoms with Crippen LogP contribution in [0.1, 0.15) is 0 Å². The van der Waals surface area contributed by atoms with Crippen molar-refractivity contribution in [2.75, 3.05) is 0 Å². The van der Waals surface area contributed by atoms with E-state index in [9.17, 15) is 0 Å². The van der Waals surface area contributed by atoms with E-state index >= 15 is 0 Å². The van der Waals surface area contributed by atoms with Crippen LogP contribution in [0, 0.1) is 0 Å². The lowest BCUT2D eigenvalue weighted by Crippen LogP contribution is -2.04. The molecule has 1 aromatic rings. The van der Waals surface area contributed by atoms with E-state index in [2.05, 4.69) is 6.58 Å². The summed E-state index contributed by atoms with van der Waals surface area (Å²) in [4.78, 5) is 0. The second kappa shape index (κ2) is 4.23. The Morgan fingerprint density at radius 2 is 2.00 bits per heavy atom. The molecule has 0 bridgehead atoms. The normalized spacial score (nSPS) is 10.8. The molecule has 0 radical (unpaired) electrons. The first kappa shape index (κ1) is 8.40. The highest BCUT2D eigenvalue weighted by molar-refractivity contribution is 5.23. The van der Waals surface area contributed by atoms with Crippen molar-refractivity contribution < 1.29 is 4.74 Å². The first-order chi connectivity index (χ1) is 5.83. The molecule has 0 atom stereocenters. The molecule has 0 aromatic heterocycles. The lowest BCUT2D eigenvalue weighted by molar-refractivity contribution is 0.420. The molecule has 0 heterocycles. The molecule has 12 heavy (non-hydrogen) atoms. The highest BCUT2D eigenvalue weighted by Gasteiger charge is 1.91. The standard InChI is InChI=1S/C10H11NO/c1-2-6-10(11)12-9-7-4-3-5-8-9/h2-8H,1,11H2/b10-6+. The number of hydrogen-bond acceptors (Lipinski definition) is 2. The van der Waals surface area contributed by atoms with Crippen LogP contribution in [0.5, 0.6) is 5.75 Å². The van der Waals surface area contributed by atoms with Crippen LogP contribution in [0.4, 0.5) is 0 Å². The molecule has 0 aliphatic rings. The molecule has 0 fully saturated rings. The van der Waals surface area contributed by atoms with E-state index in [0.717, 1.165) is 5.75 Å². The van der Waals surface area contributed by atoms with Gasteiger partial charge in [-0.3, -0.25) is 0 Å². The largest absolute Gasteiger partial charge is 0.442 e. The monoisotopic (exact) mass is 161 g/mol. The minimum Gasteiger partial charge on any atom is -0.442 e. The van der Waals surface area contributed by atoms with Crippen LogP contribution in [0.2, 0.25) is 0 Å². The van der Waals surface area contributed by atoms with Crippen LogP contribution in [-0.4, -0.2) is 0 Å². The Bertz CT molecular complexity index is 277. The molecule has 0 saturated heterocycles. The van der Waals surface area contributed by atoms with Crippen molar-refractivity contribution in [3.63, 3.8) is 0 Å². The zero-order valence-corrected chi connectivity index (χ0v) is 6.73. The lowest BCUT2D eigenvalue weighted by Gasteiger charge is -2.02. The quantitative estimate of drug-likeness (QED) is 0.544. The zero-order valence-electron chi connectivity index (χ0n) is 6.73. The average Bonchev–Trinajstić information content (AvgIpc) is 2.06. The number of allylic oxidation sites excluding steroid dienone is 2. The maximum Gasteiger partial charge on any atom is 0.190 e. The maximum atomic E-state index is 5.48. The fraction of sp³-hybridized carbons (Fsp3) is 0. The smallest absolute Gasteiger partial charge is 0.190 e. The number of ether oxygens (including phenoxy) is 1. The van der Waals surface area contributed by atoms with Crippen molar-refractivity contribution >= 4 is 0 Å². The second-order valence-electron chi connectivity index (χ2n) is 2.22. The highest BCUT2D eigenvalue weighted by Crippen LogP contribution is 2.09. The summed E-state index contributed by atoms with van der Waals surface area (Å²) in [5.74, 6) is 1.07. The summed E-state index contributed by atoms with van der Waals surface area (Å²) in [6.07, 6.45) is 3.19. The van der Waals surface area contributed by atoms with Crippen molar-refractivity contribution in [1.29, 1.82) is 0 Å². The van der Waals surface area contributed by atoms with Crippen LogP contribution < -0.4 is 10.5 Å². The van der Waals surface area contributed by atoms with E-state index in [1.807, 2.05) is 30.3 Å². The number of hydrogen-bond donors (Lipinski definition) is 1. The van der Waals surface area contributed by atoms with E-state index in [1.165, 1.54) is 0 Å². The summed E-state index contributed by atoms with van der Waals surface area (Å²) in [7, 11) is 0. The van der Waals surface area contributed by atoms with E-state index < -0.39 is 0 Å².